The standard InChI is InChI=1S/C15H28N2O3/c1-3-15(4-2,14(19)20)10-17-13(18)12-8-6-5-7-11(12)9-16/h11-12H,3-10,16H2,1-2H3,(H,17,18)(H,19,20). The highest BCUT2D eigenvalue weighted by Gasteiger charge is 2.37. The van der Waals surface area contributed by atoms with Gasteiger partial charge >= 0.3 is 5.97 Å². The number of carbonyl (C=O) groups excluding carboxylic acids is 1. The topological polar surface area (TPSA) is 92.4 Å². The quantitative estimate of drug-likeness (QED) is 0.664. The summed E-state index contributed by atoms with van der Waals surface area (Å²) in [6, 6.07) is 0. The summed E-state index contributed by atoms with van der Waals surface area (Å²) in [5, 5.41) is 12.2. The zero-order valence-corrected chi connectivity index (χ0v) is 12.7. The predicted octanol–water partition coefficient (Wildman–Crippen LogP) is 1.76. The maximum absolute atomic E-state index is 12.3. The lowest BCUT2D eigenvalue weighted by molar-refractivity contribution is -0.149. The molecule has 1 aliphatic rings. The van der Waals surface area contributed by atoms with Crippen molar-refractivity contribution in [2.75, 3.05) is 13.1 Å². The Morgan fingerprint density at radius 3 is 2.35 bits per heavy atom. The van der Waals surface area contributed by atoms with Gasteiger partial charge in [0.2, 0.25) is 5.91 Å². The van der Waals surface area contributed by atoms with Crippen LogP contribution in [0.25, 0.3) is 0 Å². The van der Waals surface area contributed by atoms with Gasteiger partial charge in [-0.3, -0.25) is 9.59 Å². The maximum atomic E-state index is 12.3. The zero-order valence-electron chi connectivity index (χ0n) is 12.7. The molecule has 1 saturated carbocycles. The molecule has 5 nitrogen and oxygen atoms in total. The second-order valence-electron chi connectivity index (χ2n) is 5.90. The number of amides is 1. The molecule has 1 aliphatic carbocycles. The van der Waals surface area contributed by atoms with Crippen LogP contribution in [-0.4, -0.2) is 30.1 Å². The molecule has 0 aromatic rings. The molecule has 4 N–H and O–H groups in total. The molecule has 0 aliphatic heterocycles. The van der Waals surface area contributed by atoms with Gasteiger partial charge in [0.1, 0.15) is 0 Å². The van der Waals surface area contributed by atoms with Crippen molar-refractivity contribution in [3.05, 3.63) is 0 Å². The van der Waals surface area contributed by atoms with Crippen LogP contribution in [-0.2, 0) is 9.59 Å². The van der Waals surface area contributed by atoms with E-state index < -0.39 is 11.4 Å². The summed E-state index contributed by atoms with van der Waals surface area (Å²) in [5.41, 5.74) is 4.90. The van der Waals surface area contributed by atoms with Crippen molar-refractivity contribution in [1.29, 1.82) is 0 Å². The number of rotatable bonds is 7. The van der Waals surface area contributed by atoms with Crippen LogP contribution in [0.1, 0.15) is 52.4 Å². The van der Waals surface area contributed by atoms with Crippen molar-refractivity contribution in [2.45, 2.75) is 52.4 Å². The summed E-state index contributed by atoms with van der Waals surface area (Å²) >= 11 is 0. The normalized spacial score (nSPS) is 23.4. The third kappa shape index (κ3) is 3.72. The van der Waals surface area contributed by atoms with Gasteiger partial charge in [-0.1, -0.05) is 26.7 Å². The fourth-order valence-electron chi connectivity index (χ4n) is 3.10. The Morgan fingerprint density at radius 1 is 1.25 bits per heavy atom. The Hall–Kier alpha value is -1.10. The molecular weight excluding hydrogens is 256 g/mol. The number of nitrogens with two attached hydrogens (primary N) is 1. The van der Waals surface area contributed by atoms with E-state index in [1.165, 1.54) is 0 Å². The number of nitrogens with one attached hydrogen (secondary N) is 1. The zero-order chi connectivity index (χ0) is 15.2. The van der Waals surface area contributed by atoms with Crippen LogP contribution in [0.4, 0.5) is 0 Å². The molecule has 116 valence electrons. The van der Waals surface area contributed by atoms with Gasteiger partial charge in [-0.05, 0) is 38.1 Å². The Bertz CT molecular complexity index is 340. The second kappa shape index (κ2) is 7.62. The van der Waals surface area contributed by atoms with Crippen molar-refractivity contribution in [2.24, 2.45) is 23.0 Å². The Balaban J connectivity index is 2.63. The predicted molar refractivity (Wildman–Crippen MR) is 78.2 cm³/mol. The molecule has 0 spiro atoms. The molecule has 2 atom stereocenters. The molecule has 0 heterocycles. The molecule has 1 amide bonds. The molecule has 2 unspecified atom stereocenters. The molecule has 0 aromatic carbocycles. The Morgan fingerprint density at radius 2 is 1.85 bits per heavy atom. The fourth-order valence-corrected chi connectivity index (χ4v) is 3.10. The van der Waals surface area contributed by atoms with E-state index in [9.17, 15) is 14.7 Å². The van der Waals surface area contributed by atoms with E-state index in [1.807, 2.05) is 13.8 Å². The SMILES string of the molecule is CCC(CC)(CNC(=O)C1CCCCC1CN)C(=O)O. The van der Waals surface area contributed by atoms with Crippen LogP contribution in [0.2, 0.25) is 0 Å². The van der Waals surface area contributed by atoms with Crippen LogP contribution in [0.3, 0.4) is 0 Å². The van der Waals surface area contributed by atoms with E-state index in [-0.39, 0.29) is 24.3 Å². The van der Waals surface area contributed by atoms with E-state index in [0.29, 0.717) is 19.4 Å². The summed E-state index contributed by atoms with van der Waals surface area (Å²) in [6.45, 7) is 4.45. The molecule has 0 bridgehead atoms. The summed E-state index contributed by atoms with van der Waals surface area (Å²) in [6.07, 6.45) is 5.09. The number of hydrogen-bond donors (Lipinski definition) is 3. The third-order valence-electron chi connectivity index (χ3n) is 4.96. The van der Waals surface area contributed by atoms with Crippen molar-refractivity contribution in [3.63, 3.8) is 0 Å². The minimum atomic E-state index is -0.845. The first-order valence-corrected chi connectivity index (χ1v) is 7.72. The Labute approximate surface area is 121 Å². The van der Waals surface area contributed by atoms with Crippen LogP contribution in [0.5, 0.6) is 0 Å². The van der Waals surface area contributed by atoms with Crippen molar-refractivity contribution in [3.8, 4) is 0 Å². The lowest BCUT2D eigenvalue weighted by atomic mass is 9.78. The molecule has 0 saturated heterocycles. The van der Waals surface area contributed by atoms with Gasteiger partial charge in [0.05, 0.1) is 5.41 Å². The van der Waals surface area contributed by atoms with E-state index in [4.69, 9.17) is 5.73 Å². The molecule has 0 aromatic heterocycles. The Kier molecular flexibility index (Phi) is 6.46. The summed E-state index contributed by atoms with van der Waals surface area (Å²) in [4.78, 5) is 23.7. The molecule has 5 heteroatoms. The van der Waals surface area contributed by atoms with Crippen molar-refractivity contribution >= 4 is 11.9 Å². The third-order valence-corrected chi connectivity index (χ3v) is 4.96. The first-order valence-electron chi connectivity index (χ1n) is 7.72. The number of carbonyl (C=O) groups is 2. The average molecular weight is 284 g/mol. The van der Waals surface area contributed by atoms with Crippen molar-refractivity contribution < 1.29 is 14.7 Å². The maximum Gasteiger partial charge on any atom is 0.311 e. The van der Waals surface area contributed by atoms with Crippen LogP contribution >= 0.6 is 0 Å². The number of hydrogen-bond acceptors (Lipinski definition) is 3. The lowest BCUT2D eigenvalue weighted by Crippen LogP contribution is -2.46. The number of aliphatic carboxylic acids is 1. The molecular formula is C15H28N2O3. The first kappa shape index (κ1) is 17.0. The smallest absolute Gasteiger partial charge is 0.311 e. The molecule has 1 fully saturated rings. The molecule has 20 heavy (non-hydrogen) atoms. The van der Waals surface area contributed by atoms with Gasteiger partial charge in [-0.25, -0.2) is 0 Å². The number of carboxylic acid groups (broad SMARTS) is 1. The van der Waals surface area contributed by atoms with Gasteiger partial charge < -0.3 is 16.2 Å². The van der Waals surface area contributed by atoms with Gasteiger partial charge in [-0.2, -0.15) is 0 Å². The van der Waals surface area contributed by atoms with Crippen molar-refractivity contribution in [1.82, 2.24) is 5.32 Å². The van der Waals surface area contributed by atoms with E-state index in [1.54, 1.807) is 0 Å². The highest BCUT2D eigenvalue weighted by atomic mass is 16.4. The fraction of sp³-hybridized carbons (Fsp3) is 0.867. The van der Waals surface area contributed by atoms with Gasteiger partial charge in [0, 0.05) is 12.5 Å². The average Bonchev–Trinajstić information content (AvgIpc) is 2.48. The highest BCUT2D eigenvalue weighted by Crippen LogP contribution is 2.30. The second-order valence-corrected chi connectivity index (χ2v) is 5.90. The minimum absolute atomic E-state index is 0.0207. The van der Waals surface area contributed by atoms with Gasteiger partial charge in [0.25, 0.3) is 0 Å². The highest BCUT2D eigenvalue weighted by molar-refractivity contribution is 5.81. The monoisotopic (exact) mass is 284 g/mol. The van der Waals surface area contributed by atoms with Gasteiger partial charge in [-0.15, -0.1) is 0 Å². The van der Waals surface area contributed by atoms with E-state index >= 15 is 0 Å². The van der Waals surface area contributed by atoms with Crippen LogP contribution in [0, 0.1) is 17.3 Å². The minimum Gasteiger partial charge on any atom is -0.481 e. The number of carboxylic acids is 1. The first-order chi connectivity index (χ1) is 9.50. The van der Waals surface area contributed by atoms with E-state index in [0.717, 1.165) is 25.7 Å². The molecule has 1 rings (SSSR count). The van der Waals surface area contributed by atoms with Crippen LogP contribution < -0.4 is 11.1 Å². The van der Waals surface area contributed by atoms with Gasteiger partial charge in [0.15, 0.2) is 0 Å². The summed E-state index contributed by atoms with van der Waals surface area (Å²) in [5.74, 6) is -0.658. The molecule has 0 radical (unpaired) electrons. The van der Waals surface area contributed by atoms with E-state index in [2.05, 4.69) is 5.32 Å². The largest absolute Gasteiger partial charge is 0.481 e. The summed E-state index contributed by atoms with van der Waals surface area (Å²) < 4.78 is 0. The van der Waals surface area contributed by atoms with Crippen LogP contribution in [0.15, 0.2) is 0 Å². The summed E-state index contributed by atoms with van der Waals surface area (Å²) in [7, 11) is 0. The lowest BCUT2D eigenvalue weighted by Gasteiger charge is -2.32.